The van der Waals surface area contributed by atoms with E-state index in [1.165, 1.54) is 38.8 Å². The van der Waals surface area contributed by atoms with E-state index < -0.39 is 0 Å². The summed E-state index contributed by atoms with van der Waals surface area (Å²) >= 11 is 1.60. The molecule has 0 radical (unpaired) electrons. The average molecular weight is 473 g/mol. The Hall–Kier alpha value is -2.26. The van der Waals surface area contributed by atoms with Crippen LogP contribution in [-0.2, 0) is 6.54 Å². The molecule has 2 aliphatic heterocycles. The van der Waals surface area contributed by atoms with Crippen molar-refractivity contribution in [2.75, 3.05) is 31.9 Å². The zero-order valence-electron chi connectivity index (χ0n) is 19.3. The number of carbonyl (C=O) groups is 2. The van der Waals surface area contributed by atoms with Gasteiger partial charge in [-0.25, -0.2) is 4.79 Å². The topological polar surface area (TPSA) is 104 Å². The maximum Gasteiger partial charge on any atom is 0.317 e. The van der Waals surface area contributed by atoms with Crippen molar-refractivity contribution in [3.05, 3.63) is 40.7 Å². The first-order valence-electron chi connectivity index (χ1n) is 12.2. The summed E-state index contributed by atoms with van der Waals surface area (Å²) in [7, 11) is 0. The molecular weight excluding hydrogens is 436 g/mol. The number of likely N-dealkylation sites (tertiary alicyclic amines) is 1. The second-order valence-electron chi connectivity index (χ2n) is 9.28. The molecular formula is C24H36N6O2S. The summed E-state index contributed by atoms with van der Waals surface area (Å²) in [6.45, 7) is 4.57. The Morgan fingerprint density at radius 3 is 2.61 bits per heavy atom. The van der Waals surface area contributed by atoms with E-state index in [9.17, 15) is 9.59 Å². The maximum atomic E-state index is 13.0. The minimum absolute atomic E-state index is 0.00568. The monoisotopic (exact) mass is 472 g/mol. The number of amides is 3. The van der Waals surface area contributed by atoms with Crippen LogP contribution >= 0.6 is 11.8 Å². The summed E-state index contributed by atoms with van der Waals surface area (Å²) in [5.74, 6) is 0.518. The largest absolute Gasteiger partial charge is 0.400 e. The van der Waals surface area contributed by atoms with Gasteiger partial charge in [-0.3, -0.25) is 9.78 Å². The van der Waals surface area contributed by atoms with Crippen molar-refractivity contribution in [1.29, 1.82) is 0 Å². The molecule has 1 aliphatic carbocycles. The fourth-order valence-electron chi connectivity index (χ4n) is 4.73. The molecule has 1 aromatic rings. The zero-order chi connectivity index (χ0) is 23.0. The maximum absolute atomic E-state index is 13.0. The third kappa shape index (κ3) is 6.86. The molecule has 3 aliphatic rings. The van der Waals surface area contributed by atoms with Crippen LogP contribution < -0.4 is 16.4 Å². The van der Waals surface area contributed by atoms with Gasteiger partial charge >= 0.3 is 6.03 Å². The third-order valence-corrected chi connectivity index (χ3v) is 7.66. The van der Waals surface area contributed by atoms with Crippen molar-refractivity contribution in [1.82, 2.24) is 25.4 Å². The standard InChI is InChI=1S/C24H36N6O2S/c25-20-16-33-17-22(20)28-23(31)21-9-8-18(14-26-21)15-30(13-5-12-29-10-3-4-11-29)24(32)27-19-6-1-2-7-19/h8-9,14,16,19,22H,1-7,10-13,15,17,25H2,(H,27,32)(H,28,31). The van der Waals surface area contributed by atoms with Crippen LogP contribution in [0.4, 0.5) is 4.79 Å². The molecule has 4 rings (SSSR count). The minimum Gasteiger partial charge on any atom is -0.400 e. The molecule has 8 nitrogen and oxygen atoms in total. The van der Waals surface area contributed by atoms with Gasteiger partial charge in [0.25, 0.3) is 5.91 Å². The van der Waals surface area contributed by atoms with Crippen molar-refractivity contribution in [3.8, 4) is 0 Å². The first-order chi connectivity index (χ1) is 16.1. The number of hydrogen-bond acceptors (Lipinski definition) is 6. The molecule has 0 aromatic carbocycles. The fourth-order valence-corrected chi connectivity index (χ4v) is 5.65. The number of thioether (sulfide) groups is 1. The SMILES string of the molecule is NC1=CSCC1NC(=O)c1ccc(CN(CCCN2CCCC2)C(=O)NC2CCCC2)cn1. The van der Waals surface area contributed by atoms with Crippen LogP contribution in [0, 0.1) is 0 Å². The number of nitrogens with one attached hydrogen (secondary N) is 2. The van der Waals surface area contributed by atoms with Gasteiger partial charge in [0, 0.05) is 36.8 Å². The Morgan fingerprint density at radius 1 is 1.15 bits per heavy atom. The number of urea groups is 1. The number of nitrogens with two attached hydrogens (primary N) is 1. The summed E-state index contributed by atoms with van der Waals surface area (Å²) in [6.07, 6.45) is 9.73. The van der Waals surface area contributed by atoms with Crippen LogP contribution in [0.15, 0.2) is 29.4 Å². The third-order valence-electron chi connectivity index (χ3n) is 6.69. The summed E-state index contributed by atoms with van der Waals surface area (Å²) in [5.41, 5.74) is 7.87. The number of carbonyl (C=O) groups excluding carboxylic acids is 2. The highest BCUT2D eigenvalue weighted by atomic mass is 32.2. The van der Waals surface area contributed by atoms with Gasteiger partial charge in [0.1, 0.15) is 5.69 Å². The normalized spacial score (nSPS) is 21.2. The predicted octanol–water partition coefficient (Wildman–Crippen LogP) is 2.67. The number of aromatic nitrogens is 1. The molecule has 0 bridgehead atoms. The number of hydrogen-bond donors (Lipinski definition) is 3. The van der Waals surface area contributed by atoms with Gasteiger partial charge in [0.2, 0.25) is 0 Å². The number of nitrogens with zero attached hydrogens (tertiary/aromatic N) is 3. The fraction of sp³-hybridized carbons (Fsp3) is 0.625. The minimum atomic E-state index is -0.230. The van der Waals surface area contributed by atoms with Crippen LogP contribution in [0.2, 0.25) is 0 Å². The zero-order valence-corrected chi connectivity index (χ0v) is 20.1. The molecule has 1 saturated carbocycles. The van der Waals surface area contributed by atoms with Crippen LogP contribution in [0.3, 0.4) is 0 Å². The predicted molar refractivity (Wildman–Crippen MR) is 132 cm³/mol. The molecule has 1 unspecified atom stereocenters. The van der Waals surface area contributed by atoms with Crippen molar-refractivity contribution < 1.29 is 9.59 Å². The Balaban J connectivity index is 1.33. The first-order valence-corrected chi connectivity index (χ1v) is 13.2. The van der Waals surface area contributed by atoms with Crippen LogP contribution in [0.5, 0.6) is 0 Å². The molecule has 3 heterocycles. The highest BCUT2D eigenvalue weighted by Crippen LogP contribution is 2.20. The highest BCUT2D eigenvalue weighted by molar-refractivity contribution is 8.02. The van der Waals surface area contributed by atoms with E-state index in [1.807, 2.05) is 16.4 Å². The molecule has 1 aromatic heterocycles. The van der Waals surface area contributed by atoms with E-state index in [4.69, 9.17) is 5.73 Å². The number of pyridine rings is 1. The molecule has 3 amide bonds. The lowest BCUT2D eigenvalue weighted by Crippen LogP contribution is -2.44. The molecule has 2 fully saturated rings. The lowest BCUT2D eigenvalue weighted by molar-refractivity contribution is 0.0940. The lowest BCUT2D eigenvalue weighted by Gasteiger charge is -2.26. The van der Waals surface area contributed by atoms with Crippen molar-refractivity contribution >= 4 is 23.7 Å². The van der Waals surface area contributed by atoms with Gasteiger partial charge in [-0.05, 0) is 68.8 Å². The number of rotatable bonds is 9. The molecule has 0 spiro atoms. The molecule has 4 N–H and O–H groups in total. The Bertz CT molecular complexity index is 834. The van der Waals surface area contributed by atoms with E-state index in [0.717, 1.165) is 37.1 Å². The summed E-state index contributed by atoms with van der Waals surface area (Å²) in [5, 5.41) is 8.02. The van der Waals surface area contributed by atoms with E-state index >= 15 is 0 Å². The van der Waals surface area contributed by atoms with Gasteiger partial charge in [-0.1, -0.05) is 18.9 Å². The second-order valence-corrected chi connectivity index (χ2v) is 10.2. The van der Waals surface area contributed by atoms with Crippen molar-refractivity contribution in [2.45, 2.75) is 63.6 Å². The summed E-state index contributed by atoms with van der Waals surface area (Å²) in [4.78, 5) is 34.3. The summed E-state index contributed by atoms with van der Waals surface area (Å²) in [6, 6.07) is 3.77. The Kier molecular flexibility index (Phi) is 8.50. The Morgan fingerprint density at radius 2 is 1.94 bits per heavy atom. The molecule has 33 heavy (non-hydrogen) atoms. The molecule has 180 valence electrons. The molecule has 9 heteroatoms. The van der Waals surface area contributed by atoms with E-state index in [-0.39, 0.29) is 24.0 Å². The molecule has 1 saturated heterocycles. The van der Waals surface area contributed by atoms with Gasteiger partial charge in [-0.15, -0.1) is 11.8 Å². The Labute approximate surface area is 200 Å². The van der Waals surface area contributed by atoms with Gasteiger partial charge in [0.15, 0.2) is 0 Å². The lowest BCUT2D eigenvalue weighted by atomic mass is 10.2. The first kappa shape index (κ1) is 23.9. The van der Waals surface area contributed by atoms with E-state index in [2.05, 4.69) is 20.5 Å². The van der Waals surface area contributed by atoms with Gasteiger partial charge in [0.05, 0.1) is 6.04 Å². The molecule has 1 atom stereocenters. The smallest absolute Gasteiger partial charge is 0.317 e. The van der Waals surface area contributed by atoms with Crippen LogP contribution in [0.1, 0.15) is 61.0 Å². The quantitative estimate of drug-likeness (QED) is 0.511. The van der Waals surface area contributed by atoms with Crippen LogP contribution in [-0.4, -0.2) is 70.7 Å². The van der Waals surface area contributed by atoms with Crippen molar-refractivity contribution in [2.24, 2.45) is 5.73 Å². The second kappa shape index (κ2) is 11.7. The van der Waals surface area contributed by atoms with Crippen molar-refractivity contribution in [3.63, 3.8) is 0 Å². The van der Waals surface area contributed by atoms with Gasteiger partial charge < -0.3 is 26.2 Å². The summed E-state index contributed by atoms with van der Waals surface area (Å²) < 4.78 is 0. The van der Waals surface area contributed by atoms with Gasteiger partial charge in [-0.2, -0.15) is 0 Å². The van der Waals surface area contributed by atoms with E-state index in [1.54, 1.807) is 24.0 Å². The van der Waals surface area contributed by atoms with E-state index in [0.29, 0.717) is 24.5 Å². The van der Waals surface area contributed by atoms with Crippen LogP contribution in [0.25, 0.3) is 0 Å². The highest BCUT2D eigenvalue weighted by Gasteiger charge is 2.23. The average Bonchev–Trinajstić information content (AvgIpc) is 3.58.